The Morgan fingerprint density at radius 2 is 2.06 bits per heavy atom. The van der Waals surface area contributed by atoms with Crippen molar-refractivity contribution in [3.05, 3.63) is 24.3 Å². The average Bonchev–Trinajstić information content (AvgIpc) is 2.53. The molecule has 96 valence electrons. The molecule has 0 aromatic heterocycles. The second-order valence-corrected chi connectivity index (χ2v) is 3.78. The van der Waals surface area contributed by atoms with Crippen molar-refractivity contribution >= 4 is 5.97 Å². The van der Waals surface area contributed by atoms with Crippen LogP contribution in [-0.2, 0) is 14.3 Å². The summed E-state index contributed by atoms with van der Waals surface area (Å²) in [5.41, 5.74) is 0. The number of allylic oxidation sites excluding steroid dienone is 2. The van der Waals surface area contributed by atoms with E-state index in [9.17, 15) is 15.0 Å². The minimum atomic E-state index is -0.933. The zero-order valence-corrected chi connectivity index (χ0v) is 9.95. The summed E-state index contributed by atoms with van der Waals surface area (Å²) in [5.74, 6) is -0.418. The molecule has 0 aromatic carbocycles. The monoisotopic (exact) mass is 242 g/mol. The molecule has 0 radical (unpaired) electrons. The molecule has 0 aromatic rings. The van der Waals surface area contributed by atoms with Crippen LogP contribution >= 0.6 is 0 Å². The average molecular weight is 242 g/mol. The molecule has 17 heavy (non-hydrogen) atoms. The maximum absolute atomic E-state index is 10.9. The van der Waals surface area contributed by atoms with Crippen LogP contribution in [0.1, 0.15) is 13.8 Å². The summed E-state index contributed by atoms with van der Waals surface area (Å²) in [6.45, 7) is 3.75. The predicted octanol–water partition coefficient (Wildman–Crippen LogP) is 0.171. The van der Waals surface area contributed by atoms with E-state index >= 15 is 0 Å². The van der Waals surface area contributed by atoms with Crippen molar-refractivity contribution in [1.29, 1.82) is 0 Å². The zero-order chi connectivity index (χ0) is 12.8. The van der Waals surface area contributed by atoms with Gasteiger partial charge in [0, 0.05) is 6.08 Å². The number of aliphatic hydroxyl groups is 2. The topological polar surface area (TPSA) is 76.0 Å². The quantitative estimate of drug-likeness (QED) is 0.417. The van der Waals surface area contributed by atoms with Gasteiger partial charge in [0.05, 0.1) is 12.7 Å². The molecular formula is C12H18O5. The minimum absolute atomic E-state index is 0.334. The van der Waals surface area contributed by atoms with Crippen molar-refractivity contribution < 1.29 is 24.5 Å². The molecule has 1 aliphatic heterocycles. The first-order valence-electron chi connectivity index (χ1n) is 5.59. The molecular weight excluding hydrogens is 224 g/mol. The molecule has 0 saturated carbocycles. The van der Waals surface area contributed by atoms with Gasteiger partial charge in [0.1, 0.15) is 18.3 Å². The lowest BCUT2D eigenvalue weighted by Gasteiger charge is -2.09. The molecule has 1 aliphatic rings. The zero-order valence-electron chi connectivity index (χ0n) is 9.95. The molecule has 4 atom stereocenters. The Morgan fingerprint density at radius 1 is 1.35 bits per heavy atom. The normalized spacial score (nSPS) is 33.6. The molecule has 1 unspecified atom stereocenters. The van der Waals surface area contributed by atoms with Gasteiger partial charge in [0.15, 0.2) is 0 Å². The fraction of sp³-hybridized carbons (Fsp3) is 0.583. The predicted molar refractivity (Wildman–Crippen MR) is 61.3 cm³/mol. The third-order valence-corrected chi connectivity index (χ3v) is 2.47. The van der Waals surface area contributed by atoms with Gasteiger partial charge in [0.25, 0.3) is 0 Å². The maximum atomic E-state index is 10.9. The Kier molecular flexibility index (Phi) is 5.34. The molecule has 0 spiro atoms. The number of hydrogen-bond donors (Lipinski definition) is 2. The van der Waals surface area contributed by atoms with E-state index in [1.807, 2.05) is 0 Å². The number of aliphatic hydroxyl groups excluding tert-OH is 2. The first-order chi connectivity index (χ1) is 8.06. The van der Waals surface area contributed by atoms with E-state index in [1.54, 1.807) is 26.0 Å². The summed E-state index contributed by atoms with van der Waals surface area (Å²) in [6, 6.07) is 0. The highest BCUT2D eigenvalue weighted by Crippen LogP contribution is 2.21. The van der Waals surface area contributed by atoms with Crippen molar-refractivity contribution in [1.82, 2.24) is 0 Å². The van der Waals surface area contributed by atoms with Gasteiger partial charge in [-0.3, -0.25) is 0 Å². The lowest BCUT2D eigenvalue weighted by atomic mass is 10.1. The Morgan fingerprint density at radius 3 is 2.59 bits per heavy atom. The van der Waals surface area contributed by atoms with Crippen LogP contribution in [0.15, 0.2) is 24.3 Å². The van der Waals surface area contributed by atoms with E-state index in [4.69, 9.17) is 4.74 Å². The van der Waals surface area contributed by atoms with Gasteiger partial charge in [-0.2, -0.15) is 0 Å². The summed E-state index contributed by atoms with van der Waals surface area (Å²) < 4.78 is 9.99. The van der Waals surface area contributed by atoms with Gasteiger partial charge < -0.3 is 19.7 Å². The van der Waals surface area contributed by atoms with Gasteiger partial charge in [-0.05, 0) is 13.8 Å². The van der Waals surface area contributed by atoms with Crippen LogP contribution in [0.4, 0.5) is 0 Å². The van der Waals surface area contributed by atoms with E-state index < -0.39 is 30.4 Å². The third kappa shape index (κ3) is 3.96. The molecule has 1 heterocycles. The van der Waals surface area contributed by atoms with E-state index in [2.05, 4.69) is 4.74 Å². The molecule has 1 fully saturated rings. The van der Waals surface area contributed by atoms with Crippen LogP contribution in [-0.4, -0.2) is 47.2 Å². The van der Waals surface area contributed by atoms with Crippen molar-refractivity contribution in [2.75, 3.05) is 6.61 Å². The second-order valence-electron chi connectivity index (χ2n) is 3.78. The third-order valence-electron chi connectivity index (χ3n) is 2.47. The lowest BCUT2D eigenvalue weighted by Crippen LogP contribution is -2.30. The molecule has 0 bridgehead atoms. The van der Waals surface area contributed by atoms with Crippen molar-refractivity contribution in [2.45, 2.75) is 38.3 Å². The molecule has 5 nitrogen and oxygen atoms in total. The summed E-state index contributed by atoms with van der Waals surface area (Å²) in [5, 5.41) is 19.0. The van der Waals surface area contributed by atoms with Crippen LogP contribution in [0.25, 0.3) is 0 Å². The minimum Gasteiger partial charge on any atom is -0.463 e. The van der Waals surface area contributed by atoms with E-state index in [-0.39, 0.29) is 0 Å². The fourth-order valence-electron chi connectivity index (χ4n) is 1.54. The van der Waals surface area contributed by atoms with E-state index in [1.165, 1.54) is 12.2 Å². The largest absolute Gasteiger partial charge is 0.463 e. The Labute approximate surface area is 100 Å². The highest BCUT2D eigenvalue weighted by Gasteiger charge is 2.38. The van der Waals surface area contributed by atoms with E-state index in [0.29, 0.717) is 6.61 Å². The van der Waals surface area contributed by atoms with Crippen molar-refractivity contribution in [2.24, 2.45) is 0 Å². The highest BCUT2D eigenvalue weighted by atomic mass is 16.5. The number of carbonyl (C=O) groups is 1. The Bertz CT molecular complexity index is 310. The highest BCUT2D eigenvalue weighted by molar-refractivity contribution is 5.82. The van der Waals surface area contributed by atoms with Crippen LogP contribution < -0.4 is 0 Å². The summed E-state index contributed by atoms with van der Waals surface area (Å²) in [7, 11) is 0. The van der Waals surface area contributed by atoms with Crippen LogP contribution in [0.2, 0.25) is 0 Å². The number of esters is 1. The van der Waals surface area contributed by atoms with Gasteiger partial charge in [-0.15, -0.1) is 0 Å². The van der Waals surface area contributed by atoms with Gasteiger partial charge in [0.2, 0.25) is 0 Å². The van der Waals surface area contributed by atoms with E-state index in [0.717, 1.165) is 0 Å². The Balaban J connectivity index is 2.42. The maximum Gasteiger partial charge on any atom is 0.330 e. The number of hydrogen-bond acceptors (Lipinski definition) is 5. The summed E-state index contributed by atoms with van der Waals surface area (Å²) in [6.07, 6.45) is 3.20. The lowest BCUT2D eigenvalue weighted by molar-refractivity contribution is -0.137. The summed E-state index contributed by atoms with van der Waals surface area (Å²) >= 11 is 0. The van der Waals surface area contributed by atoms with Crippen LogP contribution in [0, 0.1) is 0 Å². The van der Waals surface area contributed by atoms with Gasteiger partial charge >= 0.3 is 5.97 Å². The molecule has 1 saturated heterocycles. The molecule has 2 N–H and O–H groups in total. The van der Waals surface area contributed by atoms with Crippen LogP contribution in [0.5, 0.6) is 0 Å². The van der Waals surface area contributed by atoms with Gasteiger partial charge in [-0.25, -0.2) is 4.79 Å². The smallest absolute Gasteiger partial charge is 0.330 e. The fourth-order valence-corrected chi connectivity index (χ4v) is 1.54. The Hall–Kier alpha value is -1.17. The first kappa shape index (κ1) is 13.9. The second kappa shape index (κ2) is 6.54. The summed E-state index contributed by atoms with van der Waals surface area (Å²) in [4.78, 5) is 10.9. The number of carbonyl (C=O) groups excluding carboxylic acids is 1. The number of ether oxygens (including phenoxy) is 2. The molecule has 0 amide bonds. The van der Waals surface area contributed by atoms with Crippen LogP contribution in [0.3, 0.4) is 0 Å². The molecule has 0 aliphatic carbocycles. The standard InChI is InChI=1S/C12H18O5/c1-3-16-10(13)7-5-4-6-9-12(15)11(14)8(2)17-9/h4-9,11-12,14-15H,3H2,1-2H3/t8-,9+,11?,12-/m0/s1. The molecule has 5 heteroatoms. The first-order valence-corrected chi connectivity index (χ1v) is 5.59. The SMILES string of the molecule is CCOC(=O)C=CC=C[C@H]1O[C@@H](C)C(O)[C@H]1O. The number of rotatable bonds is 4. The van der Waals surface area contributed by atoms with Crippen molar-refractivity contribution in [3.63, 3.8) is 0 Å². The molecule has 1 rings (SSSR count). The van der Waals surface area contributed by atoms with Gasteiger partial charge in [-0.1, -0.05) is 18.2 Å². The van der Waals surface area contributed by atoms with Crippen molar-refractivity contribution in [3.8, 4) is 0 Å².